The number of ether oxygens (including phenoxy) is 1. The molecule has 0 saturated heterocycles. The Morgan fingerprint density at radius 1 is 1.11 bits per heavy atom. The van der Waals surface area contributed by atoms with Crippen LogP contribution in [-0.2, 0) is 11.3 Å². The van der Waals surface area contributed by atoms with Crippen LogP contribution >= 0.6 is 0 Å². The van der Waals surface area contributed by atoms with Crippen LogP contribution in [0.5, 0.6) is 0 Å². The summed E-state index contributed by atoms with van der Waals surface area (Å²) in [7, 11) is 1.74. The zero-order chi connectivity index (χ0) is 19.9. The van der Waals surface area contributed by atoms with Crippen molar-refractivity contribution >= 4 is 17.7 Å². The van der Waals surface area contributed by atoms with Crippen molar-refractivity contribution in [2.45, 2.75) is 13.5 Å². The fourth-order valence-corrected chi connectivity index (χ4v) is 2.71. The van der Waals surface area contributed by atoms with Crippen LogP contribution in [0.4, 0.5) is 10.5 Å². The van der Waals surface area contributed by atoms with E-state index in [1.54, 1.807) is 54.0 Å². The van der Waals surface area contributed by atoms with Gasteiger partial charge in [-0.2, -0.15) is 5.10 Å². The summed E-state index contributed by atoms with van der Waals surface area (Å²) in [6, 6.07) is 16.5. The number of benzene rings is 2. The summed E-state index contributed by atoms with van der Waals surface area (Å²) in [6.45, 7) is 2.48. The second kappa shape index (κ2) is 8.85. The van der Waals surface area contributed by atoms with E-state index in [9.17, 15) is 9.59 Å². The van der Waals surface area contributed by atoms with Gasteiger partial charge in [0.25, 0.3) is 5.91 Å². The second-order valence-corrected chi connectivity index (χ2v) is 6.21. The van der Waals surface area contributed by atoms with E-state index < -0.39 is 6.09 Å². The molecule has 1 aromatic heterocycles. The molecule has 7 nitrogen and oxygen atoms in total. The number of para-hydroxylation sites is 1. The molecule has 1 N–H and O–H groups in total. The standard InChI is InChI=1S/C21H22N4O3/c1-3-28-21(27)23-18-11-9-17(10-12-18)20(26)24(2)14-16-13-22-25(15-16)19-7-5-4-6-8-19/h4-13,15H,3,14H2,1-2H3,(H,23,27). The van der Waals surface area contributed by atoms with E-state index in [0.717, 1.165) is 11.3 Å². The van der Waals surface area contributed by atoms with Crippen molar-refractivity contribution in [1.82, 2.24) is 14.7 Å². The molecule has 0 spiro atoms. The van der Waals surface area contributed by atoms with Gasteiger partial charge in [-0.1, -0.05) is 18.2 Å². The van der Waals surface area contributed by atoms with Crippen LogP contribution in [0, 0.1) is 0 Å². The van der Waals surface area contributed by atoms with Crippen molar-refractivity contribution < 1.29 is 14.3 Å². The molecule has 0 atom stereocenters. The van der Waals surface area contributed by atoms with Crippen molar-refractivity contribution in [3.63, 3.8) is 0 Å². The molecule has 0 saturated carbocycles. The fourth-order valence-electron chi connectivity index (χ4n) is 2.71. The van der Waals surface area contributed by atoms with Gasteiger partial charge in [0.2, 0.25) is 0 Å². The predicted octanol–water partition coefficient (Wildman–Crippen LogP) is 3.71. The molecule has 144 valence electrons. The Labute approximate surface area is 163 Å². The summed E-state index contributed by atoms with van der Waals surface area (Å²) in [4.78, 5) is 25.7. The third-order valence-corrected chi connectivity index (χ3v) is 4.08. The monoisotopic (exact) mass is 378 g/mol. The molecule has 0 unspecified atom stereocenters. The molecule has 7 heteroatoms. The van der Waals surface area contributed by atoms with Crippen LogP contribution in [0.25, 0.3) is 5.69 Å². The largest absolute Gasteiger partial charge is 0.450 e. The van der Waals surface area contributed by atoms with Gasteiger partial charge in [0.15, 0.2) is 0 Å². The number of nitrogens with zero attached hydrogens (tertiary/aromatic N) is 3. The molecule has 3 rings (SSSR count). The van der Waals surface area contributed by atoms with Gasteiger partial charge in [0, 0.05) is 36.6 Å². The highest BCUT2D eigenvalue weighted by molar-refractivity contribution is 5.95. The molecular weight excluding hydrogens is 356 g/mol. The zero-order valence-corrected chi connectivity index (χ0v) is 15.8. The number of amides is 2. The molecule has 2 aromatic carbocycles. The molecule has 0 radical (unpaired) electrons. The Bertz CT molecular complexity index is 936. The minimum atomic E-state index is -0.519. The van der Waals surface area contributed by atoms with Gasteiger partial charge in [-0.15, -0.1) is 0 Å². The minimum absolute atomic E-state index is 0.116. The summed E-state index contributed by atoms with van der Waals surface area (Å²) in [6.07, 6.45) is 3.14. The molecule has 28 heavy (non-hydrogen) atoms. The van der Waals surface area contributed by atoms with E-state index >= 15 is 0 Å². The molecule has 1 heterocycles. The summed E-state index contributed by atoms with van der Waals surface area (Å²) in [5, 5.41) is 6.95. The number of hydrogen-bond acceptors (Lipinski definition) is 4. The van der Waals surface area contributed by atoms with Crippen LogP contribution in [0.3, 0.4) is 0 Å². The highest BCUT2D eigenvalue weighted by atomic mass is 16.5. The first-order valence-electron chi connectivity index (χ1n) is 8.95. The lowest BCUT2D eigenvalue weighted by Gasteiger charge is -2.16. The maximum Gasteiger partial charge on any atom is 0.411 e. The van der Waals surface area contributed by atoms with Crippen LogP contribution in [0.2, 0.25) is 0 Å². The molecule has 3 aromatic rings. The predicted molar refractivity (Wildman–Crippen MR) is 106 cm³/mol. The zero-order valence-electron chi connectivity index (χ0n) is 15.8. The third-order valence-electron chi connectivity index (χ3n) is 4.08. The third kappa shape index (κ3) is 4.76. The Hall–Kier alpha value is -3.61. The number of aromatic nitrogens is 2. The SMILES string of the molecule is CCOC(=O)Nc1ccc(C(=O)N(C)Cc2cnn(-c3ccccc3)c2)cc1. The quantitative estimate of drug-likeness (QED) is 0.709. The smallest absolute Gasteiger partial charge is 0.411 e. The molecule has 0 aliphatic carbocycles. The lowest BCUT2D eigenvalue weighted by atomic mass is 10.1. The van der Waals surface area contributed by atoms with Crippen LogP contribution in [-0.4, -0.2) is 40.3 Å². The number of rotatable bonds is 6. The van der Waals surface area contributed by atoms with Gasteiger partial charge in [0.05, 0.1) is 18.5 Å². The van der Waals surface area contributed by atoms with Crippen molar-refractivity contribution in [2.75, 3.05) is 19.0 Å². The molecule has 0 aliphatic rings. The van der Waals surface area contributed by atoms with Crippen molar-refractivity contribution in [3.05, 3.63) is 78.1 Å². The minimum Gasteiger partial charge on any atom is -0.450 e. The van der Waals surface area contributed by atoms with Crippen molar-refractivity contribution in [1.29, 1.82) is 0 Å². The maximum absolute atomic E-state index is 12.6. The van der Waals surface area contributed by atoms with E-state index in [4.69, 9.17) is 4.74 Å². The first-order valence-corrected chi connectivity index (χ1v) is 8.95. The molecule has 0 aliphatic heterocycles. The Morgan fingerprint density at radius 3 is 2.50 bits per heavy atom. The first kappa shape index (κ1) is 19.2. The Balaban J connectivity index is 1.61. The van der Waals surface area contributed by atoms with Gasteiger partial charge < -0.3 is 9.64 Å². The first-order chi connectivity index (χ1) is 13.6. The topological polar surface area (TPSA) is 76.5 Å². The summed E-state index contributed by atoms with van der Waals surface area (Å²) in [5.74, 6) is -0.116. The Kier molecular flexibility index (Phi) is 6.06. The number of nitrogens with one attached hydrogen (secondary N) is 1. The van der Waals surface area contributed by atoms with Crippen LogP contribution < -0.4 is 5.32 Å². The fraction of sp³-hybridized carbons (Fsp3) is 0.190. The second-order valence-electron chi connectivity index (χ2n) is 6.21. The molecule has 2 amide bonds. The number of hydrogen-bond donors (Lipinski definition) is 1. The van der Waals surface area contributed by atoms with Gasteiger partial charge in [-0.05, 0) is 43.3 Å². The number of carbonyl (C=O) groups is 2. The Morgan fingerprint density at radius 2 is 1.82 bits per heavy atom. The number of carbonyl (C=O) groups excluding carboxylic acids is 2. The summed E-state index contributed by atoms with van der Waals surface area (Å²) >= 11 is 0. The van der Waals surface area contributed by atoms with Crippen molar-refractivity contribution in [2.24, 2.45) is 0 Å². The molecule has 0 fully saturated rings. The summed E-state index contributed by atoms with van der Waals surface area (Å²) < 4.78 is 6.61. The van der Waals surface area contributed by atoms with E-state index in [1.807, 2.05) is 36.5 Å². The summed E-state index contributed by atoms with van der Waals surface area (Å²) in [5.41, 5.74) is 3.00. The molecule has 0 bridgehead atoms. The van der Waals surface area contributed by atoms with E-state index in [0.29, 0.717) is 24.4 Å². The normalized spacial score (nSPS) is 10.4. The van der Waals surface area contributed by atoms with Gasteiger partial charge in [-0.3, -0.25) is 10.1 Å². The average molecular weight is 378 g/mol. The molecular formula is C21H22N4O3. The van der Waals surface area contributed by atoms with Gasteiger partial charge >= 0.3 is 6.09 Å². The lowest BCUT2D eigenvalue weighted by Crippen LogP contribution is -2.26. The van der Waals surface area contributed by atoms with Crippen LogP contribution in [0.15, 0.2) is 67.0 Å². The van der Waals surface area contributed by atoms with Gasteiger partial charge in [-0.25, -0.2) is 9.48 Å². The van der Waals surface area contributed by atoms with Crippen LogP contribution in [0.1, 0.15) is 22.8 Å². The number of anilines is 1. The van der Waals surface area contributed by atoms with E-state index in [-0.39, 0.29) is 5.91 Å². The lowest BCUT2D eigenvalue weighted by molar-refractivity contribution is 0.0785. The maximum atomic E-state index is 12.6. The van der Waals surface area contributed by atoms with E-state index in [1.165, 1.54) is 0 Å². The average Bonchev–Trinajstić information content (AvgIpc) is 3.17. The van der Waals surface area contributed by atoms with E-state index in [2.05, 4.69) is 10.4 Å². The highest BCUT2D eigenvalue weighted by Gasteiger charge is 2.13. The van der Waals surface area contributed by atoms with Gasteiger partial charge in [0.1, 0.15) is 0 Å². The van der Waals surface area contributed by atoms with Crippen molar-refractivity contribution in [3.8, 4) is 5.69 Å². The highest BCUT2D eigenvalue weighted by Crippen LogP contribution is 2.14.